The molecule has 1 aliphatic heterocycles. The predicted octanol–water partition coefficient (Wildman–Crippen LogP) is 1.06. The number of carbonyl (C=O) groups excluding carboxylic acids is 2. The molecule has 74 valence electrons. The molecule has 14 heavy (non-hydrogen) atoms. The van der Waals surface area contributed by atoms with E-state index < -0.39 is 0 Å². The molecule has 0 bridgehead atoms. The molecule has 0 aromatic carbocycles. The zero-order valence-electron chi connectivity index (χ0n) is 8.04. The molecule has 0 saturated carbocycles. The van der Waals surface area contributed by atoms with Gasteiger partial charge in [-0.15, -0.1) is 0 Å². The number of nitrogens with one attached hydrogen (secondary N) is 1. The standard InChI is InChI=1S/C10H12N2O2/c1-2-12-6-4-8(13)9-7(10(12)14)3-5-11-9/h3,5,11H,2,4,6H2,1H3. The van der Waals surface area contributed by atoms with E-state index in [-0.39, 0.29) is 11.7 Å². The fraction of sp³-hybridized carbons (Fsp3) is 0.400. The van der Waals surface area contributed by atoms with Gasteiger partial charge in [-0.2, -0.15) is 0 Å². The third-order valence-electron chi connectivity index (χ3n) is 2.53. The Bertz CT molecular complexity index is 381. The van der Waals surface area contributed by atoms with Crippen LogP contribution in [0.2, 0.25) is 0 Å². The lowest BCUT2D eigenvalue weighted by atomic mass is 10.1. The van der Waals surface area contributed by atoms with Crippen LogP contribution in [0.4, 0.5) is 0 Å². The maximum atomic E-state index is 11.8. The van der Waals surface area contributed by atoms with E-state index in [1.807, 2.05) is 6.92 Å². The Morgan fingerprint density at radius 2 is 2.29 bits per heavy atom. The van der Waals surface area contributed by atoms with E-state index in [0.717, 1.165) is 0 Å². The maximum Gasteiger partial charge on any atom is 0.256 e. The molecule has 1 N–H and O–H groups in total. The van der Waals surface area contributed by atoms with Gasteiger partial charge in [0.25, 0.3) is 5.91 Å². The highest BCUT2D eigenvalue weighted by Gasteiger charge is 2.26. The summed E-state index contributed by atoms with van der Waals surface area (Å²) >= 11 is 0. The van der Waals surface area contributed by atoms with Gasteiger partial charge in [-0.1, -0.05) is 0 Å². The van der Waals surface area contributed by atoms with Crippen LogP contribution in [0.1, 0.15) is 34.2 Å². The number of rotatable bonds is 1. The molecule has 2 heterocycles. The number of aromatic nitrogens is 1. The van der Waals surface area contributed by atoms with E-state index in [9.17, 15) is 9.59 Å². The Morgan fingerprint density at radius 1 is 1.50 bits per heavy atom. The Morgan fingerprint density at radius 3 is 3.00 bits per heavy atom. The molecule has 0 atom stereocenters. The zero-order chi connectivity index (χ0) is 10.1. The summed E-state index contributed by atoms with van der Waals surface area (Å²) in [4.78, 5) is 27.9. The number of fused-ring (bicyclic) bond motifs is 1. The molecule has 0 radical (unpaired) electrons. The van der Waals surface area contributed by atoms with E-state index in [4.69, 9.17) is 0 Å². The highest BCUT2D eigenvalue weighted by atomic mass is 16.2. The van der Waals surface area contributed by atoms with Crippen molar-refractivity contribution >= 4 is 11.7 Å². The van der Waals surface area contributed by atoms with E-state index in [1.165, 1.54) is 0 Å². The largest absolute Gasteiger partial charge is 0.358 e. The molecule has 1 aromatic heterocycles. The molecule has 1 amide bonds. The van der Waals surface area contributed by atoms with Crippen LogP contribution in [0.25, 0.3) is 0 Å². The van der Waals surface area contributed by atoms with Crippen molar-refractivity contribution in [1.82, 2.24) is 9.88 Å². The van der Waals surface area contributed by atoms with E-state index in [0.29, 0.717) is 30.8 Å². The molecule has 0 fully saturated rings. The molecular weight excluding hydrogens is 180 g/mol. The summed E-state index contributed by atoms with van der Waals surface area (Å²) in [7, 11) is 0. The second kappa shape index (κ2) is 3.29. The van der Waals surface area contributed by atoms with Crippen LogP contribution >= 0.6 is 0 Å². The summed E-state index contributed by atoms with van der Waals surface area (Å²) in [6.45, 7) is 3.09. The Hall–Kier alpha value is -1.58. The van der Waals surface area contributed by atoms with Crippen LogP contribution in [-0.2, 0) is 0 Å². The van der Waals surface area contributed by atoms with Crippen LogP contribution < -0.4 is 0 Å². The lowest BCUT2D eigenvalue weighted by Gasteiger charge is -2.17. The summed E-state index contributed by atoms with van der Waals surface area (Å²) in [5.41, 5.74) is 0.973. The molecule has 1 aliphatic rings. The molecule has 4 nitrogen and oxygen atoms in total. The molecule has 0 spiro atoms. The highest BCUT2D eigenvalue weighted by molar-refractivity contribution is 6.08. The minimum absolute atomic E-state index is 0.0225. The fourth-order valence-corrected chi connectivity index (χ4v) is 1.71. The summed E-state index contributed by atoms with van der Waals surface area (Å²) in [6.07, 6.45) is 2.05. The number of aromatic amines is 1. The summed E-state index contributed by atoms with van der Waals surface area (Å²) in [5.74, 6) is -0.0242. The molecule has 0 unspecified atom stereocenters. The van der Waals surface area contributed by atoms with E-state index >= 15 is 0 Å². The van der Waals surface area contributed by atoms with Crippen molar-refractivity contribution in [3.05, 3.63) is 23.5 Å². The molecule has 1 aromatic rings. The van der Waals surface area contributed by atoms with Gasteiger partial charge in [0.05, 0.1) is 11.3 Å². The van der Waals surface area contributed by atoms with Crippen LogP contribution in [0.3, 0.4) is 0 Å². The van der Waals surface area contributed by atoms with Gasteiger partial charge in [0.15, 0.2) is 5.78 Å². The third kappa shape index (κ3) is 1.23. The Labute approximate surface area is 81.9 Å². The molecule has 2 rings (SSSR count). The molecular formula is C10H12N2O2. The number of Topliss-reactive ketones (excluding diaryl/α,β-unsaturated/α-hetero) is 1. The molecule has 0 aliphatic carbocycles. The van der Waals surface area contributed by atoms with Crippen molar-refractivity contribution in [2.75, 3.05) is 13.1 Å². The fourth-order valence-electron chi connectivity index (χ4n) is 1.71. The minimum atomic E-state index is -0.0467. The van der Waals surface area contributed by atoms with Crippen molar-refractivity contribution in [3.63, 3.8) is 0 Å². The topological polar surface area (TPSA) is 53.2 Å². The first-order chi connectivity index (χ1) is 6.74. The van der Waals surface area contributed by atoms with Gasteiger partial charge in [-0.3, -0.25) is 9.59 Å². The average molecular weight is 192 g/mol. The predicted molar refractivity (Wildman–Crippen MR) is 51.3 cm³/mol. The molecule has 0 saturated heterocycles. The smallest absolute Gasteiger partial charge is 0.256 e. The Balaban J connectivity index is 2.45. The number of hydrogen-bond acceptors (Lipinski definition) is 2. The maximum absolute atomic E-state index is 11.8. The number of ketones is 1. The second-order valence-corrected chi connectivity index (χ2v) is 3.32. The monoisotopic (exact) mass is 192 g/mol. The molecule has 4 heteroatoms. The van der Waals surface area contributed by atoms with Crippen molar-refractivity contribution < 1.29 is 9.59 Å². The van der Waals surface area contributed by atoms with Crippen LogP contribution in [0.15, 0.2) is 12.3 Å². The van der Waals surface area contributed by atoms with Gasteiger partial charge < -0.3 is 9.88 Å². The zero-order valence-corrected chi connectivity index (χ0v) is 8.04. The van der Waals surface area contributed by atoms with Crippen LogP contribution in [-0.4, -0.2) is 34.7 Å². The average Bonchev–Trinajstić information content (AvgIpc) is 2.62. The van der Waals surface area contributed by atoms with Crippen LogP contribution in [0.5, 0.6) is 0 Å². The van der Waals surface area contributed by atoms with Gasteiger partial charge in [0.1, 0.15) is 0 Å². The quantitative estimate of drug-likeness (QED) is 0.723. The van der Waals surface area contributed by atoms with Gasteiger partial charge >= 0.3 is 0 Å². The lowest BCUT2D eigenvalue weighted by molar-refractivity contribution is 0.0767. The van der Waals surface area contributed by atoms with Crippen molar-refractivity contribution in [3.8, 4) is 0 Å². The number of hydrogen-bond donors (Lipinski definition) is 1. The number of nitrogens with zero attached hydrogens (tertiary/aromatic N) is 1. The van der Waals surface area contributed by atoms with Crippen molar-refractivity contribution in [2.24, 2.45) is 0 Å². The first-order valence-electron chi connectivity index (χ1n) is 4.74. The Kier molecular flexibility index (Phi) is 2.11. The number of amides is 1. The first-order valence-corrected chi connectivity index (χ1v) is 4.74. The summed E-state index contributed by atoms with van der Waals surface area (Å²) in [5, 5.41) is 0. The lowest BCUT2D eigenvalue weighted by Crippen LogP contribution is -2.30. The van der Waals surface area contributed by atoms with Gasteiger partial charge in [-0.05, 0) is 13.0 Å². The van der Waals surface area contributed by atoms with Gasteiger partial charge in [0.2, 0.25) is 0 Å². The van der Waals surface area contributed by atoms with E-state index in [2.05, 4.69) is 4.98 Å². The van der Waals surface area contributed by atoms with E-state index in [1.54, 1.807) is 17.2 Å². The minimum Gasteiger partial charge on any atom is -0.358 e. The normalized spacial score (nSPS) is 16.8. The van der Waals surface area contributed by atoms with Crippen molar-refractivity contribution in [1.29, 1.82) is 0 Å². The van der Waals surface area contributed by atoms with Crippen LogP contribution in [0, 0.1) is 0 Å². The SMILES string of the molecule is CCN1CCC(=O)c2[nH]ccc2C1=O. The third-order valence-corrected chi connectivity index (χ3v) is 2.53. The highest BCUT2D eigenvalue weighted by Crippen LogP contribution is 2.16. The summed E-state index contributed by atoms with van der Waals surface area (Å²) in [6, 6.07) is 1.67. The summed E-state index contributed by atoms with van der Waals surface area (Å²) < 4.78 is 0. The number of H-pyrrole nitrogens is 1. The van der Waals surface area contributed by atoms with Gasteiger partial charge in [-0.25, -0.2) is 0 Å². The van der Waals surface area contributed by atoms with Crippen molar-refractivity contribution in [2.45, 2.75) is 13.3 Å². The second-order valence-electron chi connectivity index (χ2n) is 3.32. The number of carbonyl (C=O) groups is 2. The first kappa shape index (κ1) is 8.99. The van der Waals surface area contributed by atoms with Gasteiger partial charge in [0, 0.05) is 25.7 Å².